The molecule has 0 aliphatic rings. The lowest BCUT2D eigenvalue weighted by atomic mass is 10.2. The number of aromatic nitrogens is 2. The van der Waals surface area contributed by atoms with E-state index < -0.39 is 0 Å². The number of benzene rings is 2. The molecule has 0 fully saturated rings. The minimum absolute atomic E-state index is 0.546. The highest BCUT2D eigenvalue weighted by atomic mass is 16.5. The van der Waals surface area contributed by atoms with Gasteiger partial charge in [-0.25, -0.2) is 4.98 Å². The Morgan fingerprint density at radius 1 is 1.06 bits per heavy atom. The third kappa shape index (κ3) is 1.45. The quantitative estimate of drug-likeness (QED) is 0.362. The van der Waals surface area contributed by atoms with Crippen LogP contribution in [-0.4, -0.2) is 12.1 Å². The number of fused-ring (bicyclic) bond motifs is 2. The number of nitrogens with zero attached hydrogens (tertiary/aromatic N) is 2. The van der Waals surface area contributed by atoms with Crippen LogP contribution in [0.4, 0.5) is 0 Å². The summed E-state index contributed by atoms with van der Waals surface area (Å²) >= 11 is 0. The van der Waals surface area contributed by atoms with Gasteiger partial charge >= 0.3 is 0 Å². The number of ether oxygens (including phenoxy) is 1. The van der Waals surface area contributed by atoms with Crippen LogP contribution in [0.25, 0.3) is 22.1 Å². The Labute approximate surface area is 97.7 Å². The molecule has 3 rings (SSSR count). The Morgan fingerprint density at radius 2 is 1.82 bits per heavy atom. The number of hydrogen-bond donors (Lipinski definition) is 0. The molecular formula is C13H10N2O2. The van der Waals surface area contributed by atoms with E-state index in [1.807, 2.05) is 18.2 Å². The van der Waals surface area contributed by atoms with Crippen LogP contribution in [0, 0.1) is 5.21 Å². The van der Waals surface area contributed by atoms with E-state index in [2.05, 4.69) is 4.98 Å². The first-order chi connectivity index (χ1) is 8.29. The lowest BCUT2D eigenvalue weighted by molar-refractivity contribution is -0.548. The van der Waals surface area contributed by atoms with Gasteiger partial charge in [-0.3, -0.25) is 0 Å². The van der Waals surface area contributed by atoms with Gasteiger partial charge in [0.05, 0.1) is 7.11 Å². The van der Waals surface area contributed by atoms with Crippen LogP contribution in [0.15, 0.2) is 42.5 Å². The average Bonchev–Trinajstić information content (AvgIpc) is 2.38. The fourth-order valence-electron chi connectivity index (χ4n) is 1.88. The molecule has 17 heavy (non-hydrogen) atoms. The summed E-state index contributed by atoms with van der Waals surface area (Å²) in [6.45, 7) is 0. The normalized spacial score (nSPS) is 10.9. The molecule has 0 spiro atoms. The van der Waals surface area contributed by atoms with Crippen LogP contribution >= 0.6 is 0 Å². The van der Waals surface area contributed by atoms with Crippen LogP contribution in [0.1, 0.15) is 0 Å². The van der Waals surface area contributed by atoms with E-state index in [-0.39, 0.29) is 0 Å². The predicted molar refractivity (Wildman–Crippen MR) is 64.8 cm³/mol. The fourth-order valence-corrected chi connectivity index (χ4v) is 1.88. The van der Waals surface area contributed by atoms with Gasteiger partial charge in [-0.1, -0.05) is 12.1 Å². The second-order valence-electron chi connectivity index (χ2n) is 3.75. The molecule has 0 aliphatic carbocycles. The molecule has 84 valence electrons. The lowest BCUT2D eigenvalue weighted by Gasteiger charge is -2.06. The molecule has 0 aliphatic heterocycles. The monoisotopic (exact) mass is 226 g/mol. The summed E-state index contributed by atoms with van der Waals surface area (Å²) < 4.78 is 6.02. The Balaban J connectivity index is 2.45. The summed E-state index contributed by atoms with van der Waals surface area (Å²) in [6.07, 6.45) is 0. The predicted octanol–water partition coefficient (Wildman–Crippen LogP) is 2.03. The molecule has 4 heteroatoms. The first-order valence-corrected chi connectivity index (χ1v) is 5.25. The largest absolute Gasteiger partial charge is 0.618 e. The van der Waals surface area contributed by atoms with Crippen molar-refractivity contribution >= 4 is 22.1 Å². The van der Waals surface area contributed by atoms with Gasteiger partial charge in [0.2, 0.25) is 11.0 Å². The molecule has 0 amide bonds. The third-order valence-corrected chi connectivity index (χ3v) is 2.74. The smallest absolute Gasteiger partial charge is 0.243 e. The summed E-state index contributed by atoms with van der Waals surface area (Å²) in [7, 11) is 1.59. The molecule has 4 nitrogen and oxygen atoms in total. The van der Waals surface area contributed by atoms with Crippen LogP contribution < -0.4 is 9.47 Å². The molecule has 0 bridgehead atoms. The van der Waals surface area contributed by atoms with Gasteiger partial charge in [0.25, 0.3) is 0 Å². The van der Waals surface area contributed by atoms with E-state index in [9.17, 15) is 5.21 Å². The van der Waals surface area contributed by atoms with Crippen molar-refractivity contribution in [1.29, 1.82) is 0 Å². The summed E-state index contributed by atoms with van der Waals surface area (Å²) in [4.78, 5) is 4.45. The van der Waals surface area contributed by atoms with Crippen molar-refractivity contribution in [3.63, 3.8) is 0 Å². The minimum Gasteiger partial charge on any atom is -0.618 e. The van der Waals surface area contributed by atoms with Crippen LogP contribution in [0.3, 0.4) is 0 Å². The molecule has 0 atom stereocenters. The summed E-state index contributed by atoms with van der Waals surface area (Å²) in [5.74, 6) is 0.695. The molecule has 2 aromatic carbocycles. The number of rotatable bonds is 1. The standard InChI is InChI=1S/C13H10N2O2/c1-17-9-6-7-13-11(8-9)14-10-4-2-3-5-12(10)15(13)16/h2-8H,1H3. The van der Waals surface area contributed by atoms with E-state index in [1.165, 1.54) is 0 Å². The van der Waals surface area contributed by atoms with E-state index in [1.54, 1.807) is 31.4 Å². The average molecular weight is 226 g/mol. The molecule has 1 aromatic heterocycles. The Morgan fingerprint density at radius 3 is 2.65 bits per heavy atom. The van der Waals surface area contributed by atoms with Gasteiger partial charge in [-0.2, -0.15) is 4.73 Å². The Kier molecular flexibility index (Phi) is 2.08. The highest BCUT2D eigenvalue weighted by molar-refractivity contribution is 5.82. The van der Waals surface area contributed by atoms with Crippen molar-refractivity contribution in [1.82, 2.24) is 4.98 Å². The van der Waals surface area contributed by atoms with Crippen molar-refractivity contribution in [2.75, 3.05) is 7.11 Å². The number of para-hydroxylation sites is 2. The molecule has 1 heterocycles. The molecule has 0 N–H and O–H groups in total. The first kappa shape index (κ1) is 9.84. The summed E-state index contributed by atoms with van der Waals surface area (Å²) in [6, 6.07) is 12.5. The molecule has 0 saturated carbocycles. The van der Waals surface area contributed by atoms with E-state index in [4.69, 9.17) is 4.74 Å². The van der Waals surface area contributed by atoms with Crippen molar-refractivity contribution in [2.24, 2.45) is 0 Å². The van der Waals surface area contributed by atoms with Gasteiger partial charge in [0.1, 0.15) is 16.8 Å². The Hall–Kier alpha value is -2.36. The first-order valence-electron chi connectivity index (χ1n) is 5.25. The highest BCUT2D eigenvalue weighted by Crippen LogP contribution is 2.19. The SMILES string of the molecule is COc1ccc2c(c1)nc1ccccc1[n+]2[O-]. The van der Waals surface area contributed by atoms with Gasteiger partial charge in [0, 0.05) is 18.2 Å². The minimum atomic E-state index is 0.546. The fraction of sp³-hybridized carbons (Fsp3) is 0.0769. The second kappa shape index (κ2) is 3.59. The molecular weight excluding hydrogens is 216 g/mol. The molecule has 3 aromatic rings. The van der Waals surface area contributed by atoms with Crippen molar-refractivity contribution in [3.05, 3.63) is 47.7 Å². The lowest BCUT2D eigenvalue weighted by Crippen LogP contribution is -2.28. The van der Waals surface area contributed by atoms with Gasteiger partial charge in [0.15, 0.2) is 0 Å². The van der Waals surface area contributed by atoms with E-state index in [0.717, 1.165) is 4.73 Å². The second-order valence-corrected chi connectivity index (χ2v) is 3.75. The van der Waals surface area contributed by atoms with E-state index >= 15 is 0 Å². The van der Waals surface area contributed by atoms with Crippen LogP contribution in [-0.2, 0) is 0 Å². The Bertz CT molecular complexity index is 710. The topological polar surface area (TPSA) is 49.1 Å². The number of hydrogen-bond acceptors (Lipinski definition) is 3. The van der Waals surface area contributed by atoms with Crippen molar-refractivity contribution in [2.45, 2.75) is 0 Å². The maximum absolute atomic E-state index is 12.1. The van der Waals surface area contributed by atoms with Crippen molar-refractivity contribution in [3.8, 4) is 5.75 Å². The van der Waals surface area contributed by atoms with Gasteiger partial charge in [-0.05, 0) is 12.1 Å². The van der Waals surface area contributed by atoms with Gasteiger partial charge in [-0.15, -0.1) is 0 Å². The van der Waals surface area contributed by atoms with Crippen LogP contribution in [0.5, 0.6) is 5.75 Å². The zero-order valence-electron chi connectivity index (χ0n) is 9.25. The molecule has 0 radical (unpaired) electrons. The maximum Gasteiger partial charge on any atom is 0.243 e. The zero-order valence-corrected chi connectivity index (χ0v) is 9.25. The van der Waals surface area contributed by atoms with Crippen molar-refractivity contribution < 1.29 is 9.47 Å². The highest BCUT2D eigenvalue weighted by Gasteiger charge is 2.11. The third-order valence-electron chi connectivity index (χ3n) is 2.74. The zero-order chi connectivity index (χ0) is 11.8. The van der Waals surface area contributed by atoms with Crippen LogP contribution in [0.2, 0.25) is 0 Å². The molecule has 0 unspecified atom stereocenters. The summed E-state index contributed by atoms with van der Waals surface area (Å²) in [5.41, 5.74) is 2.44. The molecule has 0 saturated heterocycles. The van der Waals surface area contributed by atoms with E-state index in [0.29, 0.717) is 27.8 Å². The maximum atomic E-state index is 12.1. The van der Waals surface area contributed by atoms with Gasteiger partial charge < -0.3 is 9.94 Å². The number of methoxy groups -OCH3 is 1. The summed E-state index contributed by atoms with van der Waals surface area (Å²) in [5, 5.41) is 12.1.